The van der Waals surface area contributed by atoms with Crippen LogP contribution in [0.5, 0.6) is 0 Å². The maximum Gasteiger partial charge on any atom is 0.416 e. The number of alkyl halides is 3. The lowest BCUT2D eigenvalue weighted by Crippen LogP contribution is -2.04. The zero-order chi connectivity index (χ0) is 14.9. The molecule has 0 radical (unpaired) electrons. The summed E-state index contributed by atoms with van der Waals surface area (Å²) >= 11 is 0. The van der Waals surface area contributed by atoms with E-state index in [1.54, 1.807) is 0 Å². The Bertz CT molecular complexity index is 632. The summed E-state index contributed by atoms with van der Waals surface area (Å²) in [6.45, 7) is -0.147. The minimum Gasteiger partial charge on any atom is -0.475 e. The van der Waals surface area contributed by atoms with Gasteiger partial charge >= 0.3 is 12.1 Å². The van der Waals surface area contributed by atoms with Gasteiger partial charge in [-0.05, 0) is 24.3 Å². The van der Waals surface area contributed by atoms with Gasteiger partial charge in [-0.3, -0.25) is 0 Å². The average Bonchev–Trinajstić information content (AvgIpc) is 2.82. The fourth-order valence-corrected chi connectivity index (χ4v) is 1.58. The number of carboxylic acids is 1. The van der Waals surface area contributed by atoms with Crippen molar-refractivity contribution < 1.29 is 27.5 Å². The molecule has 2 rings (SSSR count). The number of carboxylic acid groups (broad SMARTS) is 1. The van der Waals surface area contributed by atoms with E-state index in [0.29, 0.717) is 0 Å². The van der Waals surface area contributed by atoms with Crippen molar-refractivity contribution in [3.8, 4) is 11.5 Å². The number of hydrogen-bond donors (Lipinski definition) is 2. The molecule has 0 unspecified atom stereocenters. The first-order valence-electron chi connectivity index (χ1n) is 5.43. The first-order chi connectivity index (χ1) is 9.32. The molecule has 5 nitrogen and oxygen atoms in total. The Labute approximate surface area is 110 Å². The van der Waals surface area contributed by atoms with Crippen LogP contribution in [0.15, 0.2) is 28.7 Å². The molecule has 2 aromatic rings. The van der Waals surface area contributed by atoms with E-state index in [0.717, 1.165) is 24.3 Å². The highest BCUT2D eigenvalue weighted by Crippen LogP contribution is 2.31. The summed E-state index contributed by atoms with van der Waals surface area (Å²) < 4.78 is 42.3. The molecule has 0 spiro atoms. The zero-order valence-electron chi connectivity index (χ0n) is 9.94. The summed E-state index contributed by atoms with van der Waals surface area (Å²) in [5, 5.41) is 8.87. The summed E-state index contributed by atoms with van der Waals surface area (Å²) in [6.07, 6.45) is -4.44. The highest BCUT2D eigenvalue weighted by atomic mass is 19.4. The normalized spacial score (nSPS) is 11.6. The molecule has 106 valence electrons. The number of halogens is 3. The van der Waals surface area contributed by atoms with Crippen molar-refractivity contribution in [3.63, 3.8) is 0 Å². The Morgan fingerprint density at radius 2 is 1.90 bits per heavy atom. The fourth-order valence-electron chi connectivity index (χ4n) is 1.58. The Kier molecular flexibility index (Phi) is 3.49. The Hall–Kier alpha value is -2.35. The Morgan fingerprint density at radius 1 is 1.30 bits per heavy atom. The van der Waals surface area contributed by atoms with Crippen LogP contribution in [-0.4, -0.2) is 16.1 Å². The first-order valence-corrected chi connectivity index (χ1v) is 5.43. The predicted octanol–water partition coefficient (Wildman–Crippen LogP) is 2.52. The molecule has 0 bridgehead atoms. The molecule has 1 aromatic carbocycles. The topological polar surface area (TPSA) is 89.4 Å². The molecular formula is C12H9F3N2O3. The molecule has 3 N–H and O–H groups in total. The van der Waals surface area contributed by atoms with E-state index in [9.17, 15) is 18.0 Å². The van der Waals surface area contributed by atoms with Crippen molar-refractivity contribution in [1.29, 1.82) is 0 Å². The third-order valence-corrected chi connectivity index (χ3v) is 2.54. The SMILES string of the molecule is NCc1nc(-c2ccc(C(F)(F)F)cc2)oc1C(=O)O. The summed E-state index contributed by atoms with van der Waals surface area (Å²) in [5.41, 5.74) is 4.78. The van der Waals surface area contributed by atoms with E-state index >= 15 is 0 Å². The van der Waals surface area contributed by atoms with Crippen LogP contribution in [0, 0.1) is 0 Å². The van der Waals surface area contributed by atoms with E-state index in [-0.39, 0.29) is 23.7 Å². The molecule has 0 saturated carbocycles. The highest BCUT2D eigenvalue weighted by Gasteiger charge is 2.30. The van der Waals surface area contributed by atoms with Crippen molar-refractivity contribution in [1.82, 2.24) is 4.98 Å². The second kappa shape index (κ2) is 4.97. The molecule has 0 amide bonds. The summed E-state index contributed by atoms with van der Waals surface area (Å²) in [5.74, 6) is -1.84. The van der Waals surface area contributed by atoms with Crippen LogP contribution in [0.3, 0.4) is 0 Å². The van der Waals surface area contributed by atoms with Gasteiger partial charge in [0, 0.05) is 12.1 Å². The first kappa shape index (κ1) is 14.1. The van der Waals surface area contributed by atoms with Crippen LogP contribution < -0.4 is 5.73 Å². The van der Waals surface area contributed by atoms with E-state index in [1.165, 1.54) is 0 Å². The molecule has 0 saturated heterocycles. The van der Waals surface area contributed by atoms with E-state index in [1.807, 2.05) is 0 Å². The lowest BCUT2D eigenvalue weighted by molar-refractivity contribution is -0.137. The number of aromatic carboxylic acids is 1. The van der Waals surface area contributed by atoms with Crippen molar-refractivity contribution >= 4 is 5.97 Å². The molecule has 0 aliphatic heterocycles. The smallest absolute Gasteiger partial charge is 0.416 e. The molecule has 0 fully saturated rings. The van der Waals surface area contributed by atoms with Crippen LogP contribution in [-0.2, 0) is 12.7 Å². The average molecular weight is 286 g/mol. The summed E-state index contributed by atoms with van der Waals surface area (Å²) in [6, 6.07) is 4.03. The maximum absolute atomic E-state index is 12.4. The van der Waals surface area contributed by atoms with Crippen molar-refractivity contribution in [2.75, 3.05) is 0 Å². The van der Waals surface area contributed by atoms with E-state index in [4.69, 9.17) is 15.3 Å². The van der Waals surface area contributed by atoms with Gasteiger partial charge in [0.2, 0.25) is 11.7 Å². The highest BCUT2D eigenvalue weighted by molar-refractivity contribution is 5.86. The fraction of sp³-hybridized carbons (Fsp3) is 0.167. The van der Waals surface area contributed by atoms with E-state index < -0.39 is 23.5 Å². The minimum atomic E-state index is -4.44. The summed E-state index contributed by atoms with van der Waals surface area (Å²) in [7, 11) is 0. The second-order valence-electron chi connectivity index (χ2n) is 3.88. The largest absolute Gasteiger partial charge is 0.475 e. The molecular weight excluding hydrogens is 277 g/mol. The quantitative estimate of drug-likeness (QED) is 0.904. The molecule has 0 aliphatic carbocycles. The van der Waals surface area contributed by atoms with Gasteiger partial charge in [0.15, 0.2) is 0 Å². The Morgan fingerprint density at radius 3 is 2.30 bits per heavy atom. The third kappa shape index (κ3) is 2.64. The lowest BCUT2D eigenvalue weighted by atomic mass is 10.1. The van der Waals surface area contributed by atoms with Crippen molar-refractivity contribution in [3.05, 3.63) is 41.3 Å². The number of aromatic nitrogens is 1. The number of oxazole rings is 1. The maximum atomic E-state index is 12.4. The molecule has 1 aromatic heterocycles. The van der Waals surface area contributed by atoms with Gasteiger partial charge in [-0.25, -0.2) is 9.78 Å². The number of nitrogens with two attached hydrogens (primary N) is 1. The van der Waals surface area contributed by atoms with Gasteiger partial charge in [-0.15, -0.1) is 0 Å². The molecule has 20 heavy (non-hydrogen) atoms. The third-order valence-electron chi connectivity index (χ3n) is 2.54. The van der Waals surface area contributed by atoms with Crippen molar-refractivity contribution in [2.24, 2.45) is 5.73 Å². The number of hydrogen-bond acceptors (Lipinski definition) is 4. The van der Waals surface area contributed by atoms with Crippen LogP contribution in [0.4, 0.5) is 13.2 Å². The standard InChI is InChI=1S/C12H9F3N2O3/c13-12(14,15)7-3-1-6(2-4-7)10-17-8(5-16)9(20-10)11(18)19/h1-4H,5,16H2,(H,18,19). The van der Waals surface area contributed by atoms with E-state index in [2.05, 4.69) is 4.98 Å². The number of benzene rings is 1. The molecule has 8 heteroatoms. The van der Waals surface area contributed by atoms with Gasteiger partial charge < -0.3 is 15.3 Å². The van der Waals surface area contributed by atoms with Crippen LogP contribution in [0.2, 0.25) is 0 Å². The van der Waals surface area contributed by atoms with Gasteiger partial charge in [-0.1, -0.05) is 0 Å². The number of carbonyl (C=O) groups is 1. The van der Waals surface area contributed by atoms with Gasteiger partial charge in [-0.2, -0.15) is 13.2 Å². The summed E-state index contributed by atoms with van der Waals surface area (Å²) in [4.78, 5) is 14.7. The number of nitrogens with zero attached hydrogens (tertiary/aromatic N) is 1. The molecule has 0 aliphatic rings. The monoisotopic (exact) mass is 286 g/mol. The van der Waals surface area contributed by atoms with Crippen LogP contribution >= 0.6 is 0 Å². The van der Waals surface area contributed by atoms with Crippen LogP contribution in [0.1, 0.15) is 21.8 Å². The molecule has 0 atom stereocenters. The predicted molar refractivity (Wildman–Crippen MR) is 61.8 cm³/mol. The van der Waals surface area contributed by atoms with Crippen LogP contribution in [0.25, 0.3) is 11.5 Å². The van der Waals surface area contributed by atoms with Gasteiger partial charge in [0.05, 0.1) is 5.56 Å². The molecule has 1 heterocycles. The minimum absolute atomic E-state index is 0.0346. The Balaban J connectivity index is 2.39. The van der Waals surface area contributed by atoms with Gasteiger partial charge in [0.1, 0.15) is 5.69 Å². The van der Waals surface area contributed by atoms with Crippen molar-refractivity contribution in [2.45, 2.75) is 12.7 Å². The van der Waals surface area contributed by atoms with Gasteiger partial charge in [0.25, 0.3) is 0 Å². The zero-order valence-corrected chi connectivity index (χ0v) is 9.94. The lowest BCUT2D eigenvalue weighted by Gasteiger charge is -2.05. The second-order valence-corrected chi connectivity index (χ2v) is 3.88. The number of rotatable bonds is 3.